The van der Waals surface area contributed by atoms with Gasteiger partial charge in [-0.05, 0) is 6.07 Å². The van der Waals surface area contributed by atoms with Gasteiger partial charge in [-0.2, -0.15) is 0 Å². The minimum Gasteiger partial charge on any atom is -0.469 e. The number of carbonyl (C=O) groups excluding carboxylic acids is 1. The Bertz CT molecular complexity index is 586. The van der Waals surface area contributed by atoms with E-state index < -0.39 is 0 Å². The highest BCUT2D eigenvalue weighted by Gasteiger charge is 2.06. The maximum atomic E-state index is 13.4. The van der Waals surface area contributed by atoms with Gasteiger partial charge in [0, 0.05) is 23.9 Å². The smallest absolute Gasteiger partial charge is 0.305 e. The van der Waals surface area contributed by atoms with Gasteiger partial charge in [-0.1, -0.05) is 18.2 Å². The topological polar surface area (TPSA) is 51.2 Å². The highest BCUT2D eigenvalue weighted by Crippen LogP contribution is 2.18. The molecule has 0 saturated carbocycles. The van der Waals surface area contributed by atoms with Crippen LogP contribution in [-0.2, 0) is 22.5 Å². The fraction of sp³-hybridized carbons (Fsp3) is 0.286. The molecule has 2 rings (SSSR count). The van der Waals surface area contributed by atoms with E-state index in [2.05, 4.69) is 15.0 Å². The lowest BCUT2D eigenvalue weighted by molar-refractivity contribution is -0.140. The van der Waals surface area contributed by atoms with Gasteiger partial charge >= 0.3 is 5.97 Å². The molecule has 0 saturated heterocycles. The summed E-state index contributed by atoms with van der Waals surface area (Å²) < 4.78 is 18.0. The number of carbonyl (C=O) groups is 1. The van der Waals surface area contributed by atoms with E-state index in [1.807, 2.05) is 5.38 Å². The maximum Gasteiger partial charge on any atom is 0.305 e. The number of aryl methyl sites for hydroxylation is 1. The Labute approximate surface area is 120 Å². The molecule has 4 nitrogen and oxygen atoms in total. The SMILES string of the molecule is COC(=O)CCc1csc(NCc2ccccc2F)n1. The second kappa shape index (κ2) is 7.00. The number of rotatable bonds is 6. The van der Waals surface area contributed by atoms with E-state index in [1.54, 1.807) is 18.2 Å². The summed E-state index contributed by atoms with van der Waals surface area (Å²) in [6.07, 6.45) is 0.859. The first kappa shape index (κ1) is 14.5. The molecule has 0 bridgehead atoms. The van der Waals surface area contributed by atoms with Crippen LogP contribution < -0.4 is 5.32 Å². The van der Waals surface area contributed by atoms with Gasteiger partial charge in [-0.15, -0.1) is 11.3 Å². The second-order valence-electron chi connectivity index (χ2n) is 4.17. The Balaban J connectivity index is 1.87. The van der Waals surface area contributed by atoms with Crippen molar-refractivity contribution in [2.24, 2.45) is 0 Å². The van der Waals surface area contributed by atoms with Crippen molar-refractivity contribution in [2.75, 3.05) is 12.4 Å². The van der Waals surface area contributed by atoms with Crippen LogP contribution in [0, 0.1) is 5.82 Å². The highest BCUT2D eigenvalue weighted by atomic mass is 32.1. The van der Waals surface area contributed by atoms with Gasteiger partial charge in [0.2, 0.25) is 0 Å². The summed E-state index contributed by atoms with van der Waals surface area (Å²) in [5.41, 5.74) is 1.43. The molecule has 0 amide bonds. The lowest BCUT2D eigenvalue weighted by Gasteiger charge is -2.03. The minimum absolute atomic E-state index is 0.234. The van der Waals surface area contributed by atoms with E-state index in [4.69, 9.17) is 0 Å². The zero-order chi connectivity index (χ0) is 14.4. The van der Waals surface area contributed by atoms with Crippen LogP contribution in [0.5, 0.6) is 0 Å². The molecule has 0 aliphatic carbocycles. The third-order valence-electron chi connectivity index (χ3n) is 2.75. The molecule has 1 N–H and O–H groups in total. The molecule has 1 aromatic heterocycles. The molecular formula is C14H15FN2O2S. The van der Waals surface area contributed by atoms with E-state index >= 15 is 0 Å². The highest BCUT2D eigenvalue weighted by molar-refractivity contribution is 7.13. The summed E-state index contributed by atoms with van der Waals surface area (Å²) >= 11 is 1.44. The number of aromatic nitrogens is 1. The number of ether oxygens (including phenoxy) is 1. The Morgan fingerprint density at radius 1 is 1.45 bits per heavy atom. The van der Waals surface area contributed by atoms with Crippen molar-refractivity contribution in [1.29, 1.82) is 0 Å². The number of nitrogens with one attached hydrogen (secondary N) is 1. The van der Waals surface area contributed by atoms with Crippen molar-refractivity contribution in [2.45, 2.75) is 19.4 Å². The van der Waals surface area contributed by atoms with E-state index in [-0.39, 0.29) is 11.8 Å². The normalized spacial score (nSPS) is 10.3. The van der Waals surface area contributed by atoms with Crippen LogP contribution in [0.3, 0.4) is 0 Å². The molecule has 0 fully saturated rings. The number of methoxy groups -OCH3 is 1. The maximum absolute atomic E-state index is 13.4. The van der Waals surface area contributed by atoms with Gasteiger partial charge < -0.3 is 10.1 Å². The molecule has 0 spiro atoms. The van der Waals surface area contributed by atoms with Gasteiger partial charge in [0.25, 0.3) is 0 Å². The van der Waals surface area contributed by atoms with Crippen molar-refractivity contribution in [3.63, 3.8) is 0 Å². The fourth-order valence-corrected chi connectivity index (χ4v) is 2.39. The number of benzene rings is 1. The largest absolute Gasteiger partial charge is 0.469 e. The third-order valence-corrected chi connectivity index (χ3v) is 3.60. The number of halogens is 1. The Morgan fingerprint density at radius 3 is 3.00 bits per heavy atom. The van der Waals surface area contributed by atoms with Gasteiger partial charge in [0.1, 0.15) is 5.82 Å². The van der Waals surface area contributed by atoms with Gasteiger partial charge in [-0.3, -0.25) is 4.79 Å². The molecule has 0 unspecified atom stereocenters. The standard InChI is InChI=1S/C14H15FN2O2S/c1-19-13(18)7-6-11-9-20-14(17-11)16-8-10-4-2-3-5-12(10)15/h2-5,9H,6-8H2,1H3,(H,16,17). The van der Waals surface area contributed by atoms with Crippen molar-refractivity contribution in [3.05, 3.63) is 46.7 Å². The summed E-state index contributed by atoms with van der Waals surface area (Å²) in [5.74, 6) is -0.485. The first-order chi connectivity index (χ1) is 9.69. The second-order valence-corrected chi connectivity index (χ2v) is 5.02. The number of anilines is 1. The van der Waals surface area contributed by atoms with Gasteiger partial charge in [0.05, 0.1) is 19.2 Å². The van der Waals surface area contributed by atoms with E-state index in [1.165, 1.54) is 24.5 Å². The minimum atomic E-state index is -0.251. The zero-order valence-corrected chi connectivity index (χ0v) is 11.9. The molecule has 1 heterocycles. The molecule has 6 heteroatoms. The summed E-state index contributed by atoms with van der Waals surface area (Å²) in [5, 5.41) is 5.67. The summed E-state index contributed by atoms with van der Waals surface area (Å²) in [6.45, 7) is 0.386. The summed E-state index contributed by atoms with van der Waals surface area (Å²) in [7, 11) is 1.37. The molecular weight excluding hydrogens is 279 g/mol. The fourth-order valence-electron chi connectivity index (χ4n) is 1.65. The Morgan fingerprint density at radius 2 is 2.25 bits per heavy atom. The average molecular weight is 294 g/mol. The molecule has 0 atom stereocenters. The molecule has 0 aliphatic heterocycles. The Hall–Kier alpha value is -1.95. The quantitative estimate of drug-likeness (QED) is 0.832. The van der Waals surface area contributed by atoms with Crippen LogP contribution in [0.15, 0.2) is 29.6 Å². The van der Waals surface area contributed by atoms with Crippen LogP contribution >= 0.6 is 11.3 Å². The molecule has 20 heavy (non-hydrogen) atoms. The number of thiazole rings is 1. The van der Waals surface area contributed by atoms with Gasteiger partial charge in [0.15, 0.2) is 5.13 Å². The average Bonchev–Trinajstić information content (AvgIpc) is 2.92. The van der Waals surface area contributed by atoms with Crippen molar-refractivity contribution < 1.29 is 13.9 Å². The zero-order valence-electron chi connectivity index (χ0n) is 11.1. The number of esters is 1. The van der Waals surface area contributed by atoms with Crippen LogP contribution in [0.2, 0.25) is 0 Å². The molecule has 106 valence electrons. The number of nitrogens with zero attached hydrogens (tertiary/aromatic N) is 1. The van der Waals surface area contributed by atoms with E-state index in [0.29, 0.717) is 30.1 Å². The summed E-state index contributed by atoms with van der Waals surface area (Å²) in [4.78, 5) is 15.4. The first-order valence-corrected chi connectivity index (χ1v) is 7.05. The van der Waals surface area contributed by atoms with Crippen molar-refractivity contribution in [1.82, 2.24) is 4.98 Å². The molecule has 0 radical (unpaired) electrons. The first-order valence-electron chi connectivity index (χ1n) is 6.17. The lowest BCUT2D eigenvalue weighted by Crippen LogP contribution is -2.03. The van der Waals surface area contributed by atoms with Crippen LogP contribution in [-0.4, -0.2) is 18.1 Å². The number of hydrogen-bond donors (Lipinski definition) is 1. The van der Waals surface area contributed by atoms with Gasteiger partial charge in [-0.25, -0.2) is 9.37 Å². The third kappa shape index (κ3) is 4.03. The number of hydrogen-bond acceptors (Lipinski definition) is 5. The van der Waals surface area contributed by atoms with Crippen molar-refractivity contribution >= 4 is 22.4 Å². The van der Waals surface area contributed by atoms with E-state index in [9.17, 15) is 9.18 Å². The monoisotopic (exact) mass is 294 g/mol. The predicted molar refractivity (Wildman–Crippen MR) is 76.2 cm³/mol. The molecule has 1 aromatic carbocycles. The molecule has 2 aromatic rings. The van der Waals surface area contributed by atoms with Crippen LogP contribution in [0.1, 0.15) is 17.7 Å². The predicted octanol–water partition coefficient (Wildman–Crippen LogP) is 3.00. The lowest BCUT2D eigenvalue weighted by atomic mass is 10.2. The Kier molecular flexibility index (Phi) is 5.06. The van der Waals surface area contributed by atoms with E-state index in [0.717, 1.165) is 5.69 Å². The summed E-state index contributed by atoms with van der Waals surface area (Å²) in [6, 6.07) is 6.62. The van der Waals surface area contributed by atoms with Crippen LogP contribution in [0.4, 0.5) is 9.52 Å². The molecule has 0 aliphatic rings. The van der Waals surface area contributed by atoms with Crippen molar-refractivity contribution in [3.8, 4) is 0 Å². The van der Waals surface area contributed by atoms with Crippen LogP contribution in [0.25, 0.3) is 0 Å².